The molecule has 4 heteroatoms. The zero-order valence-corrected chi connectivity index (χ0v) is 11.5. The summed E-state index contributed by atoms with van der Waals surface area (Å²) in [7, 11) is 0. The van der Waals surface area contributed by atoms with E-state index in [4.69, 9.17) is 5.73 Å². The molecule has 1 saturated carbocycles. The summed E-state index contributed by atoms with van der Waals surface area (Å²) < 4.78 is 0. The Hall–Kier alpha value is -1.84. The molecule has 1 aliphatic rings. The van der Waals surface area contributed by atoms with Gasteiger partial charge in [-0.1, -0.05) is 26.0 Å². The molecule has 0 bridgehead atoms. The van der Waals surface area contributed by atoms with Crippen LogP contribution in [0.3, 0.4) is 0 Å². The molecule has 0 unspecified atom stereocenters. The topological polar surface area (TPSA) is 63.8 Å². The van der Waals surface area contributed by atoms with E-state index < -0.39 is 0 Å². The molecule has 0 amide bonds. The lowest BCUT2D eigenvalue weighted by Gasteiger charge is -2.20. The number of benzene rings is 1. The zero-order chi connectivity index (χ0) is 13.5. The highest BCUT2D eigenvalue weighted by molar-refractivity contribution is 5.89. The first-order valence-electron chi connectivity index (χ1n) is 6.87. The fraction of sp³-hybridized carbons (Fsp3) is 0.467. The van der Waals surface area contributed by atoms with E-state index >= 15 is 0 Å². The summed E-state index contributed by atoms with van der Waals surface area (Å²) in [6, 6.07) is 7.97. The molecule has 100 valence electrons. The van der Waals surface area contributed by atoms with Crippen molar-refractivity contribution < 1.29 is 0 Å². The van der Waals surface area contributed by atoms with E-state index in [0.717, 1.165) is 23.3 Å². The van der Waals surface area contributed by atoms with Crippen molar-refractivity contribution >= 4 is 22.7 Å². The number of hydrogen-bond acceptors (Lipinski definition) is 4. The van der Waals surface area contributed by atoms with Crippen LogP contribution in [0, 0.1) is 11.3 Å². The Balaban J connectivity index is 1.88. The van der Waals surface area contributed by atoms with Gasteiger partial charge < -0.3 is 11.1 Å². The van der Waals surface area contributed by atoms with Crippen molar-refractivity contribution in [1.82, 2.24) is 9.97 Å². The molecule has 2 aromatic rings. The summed E-state index contributed by atoms with van der Waals surface area (Å²) in [5, 5.41) is 4.52. The third kappa shape index (κ3) is 2.23. The van der Waals surface area contributed by atoms with Gasteiger partial charge in [0.2, 0.25) is 5.95 Å². The second kappa shape index (κ2) is 4.37. The summed E-state index contributed by atoms with van der Waals surface area (Å²) in [6.45, 7) is 5.55. The molecule has 19 heavy (non-hydrogen) atoms. The molecular formula is C15H20N4. The molecule has 0 aliphatic heterocycles. The third-order valence-corrected chi connectivity index (χ3v) is 4.35. The van der Waals surface area contributed by atoms with Gasteiger partial charge in [0, 0.05) is 11.9 Å². The fourth-order valence-electron chi connectivity index (χ4n) is 2.61. The molecule has 1 aromatic heterocycles. The molecule has 1 aromatic carbocycles. The summed E-state index contributed by atoms with van der Waals surface area (Å²) in [5.41, 5.74) is 7.12. The number of nitrogens with zero attached hydrogens (tertiary/aromatic N) is 2. The Morgan fingerprint density at radius 2 is 2.00 bits per heavy atom. The molecule has 4 nitrogen and oxygen atoms in total. The minimum atomic E-state index is 0.329. The van der Waals surface area contributed by atoms with Crippen LogP contribution >= 0.6 is 0 Å². The molecule has 0 atom stereocenters. The van der Waals surface area contributed by atoms with Crippen LogP contribution in [0.1, 0.15) is 26.7 Å². The minimum Gasteiger partial charge on any atom is -0.369 e. The van der Waals surface area contributed by atoms with Gasteiger partial charge in [-0.2, -0.15) is 4.98 Å². The lowest BCUT2D eigenvalue weighted by Crippen LogP contribution is -2.21. The van der Waals surface area contributed by atoms with Crippen molar-refractivity contribution in [3.05, 3.63) is 24.3 Å². The maximum atomic E-state index is 5.78. The van der Waals surface area contributed by atoms with Crippen LogP contribution in [0.15, 0.2) is 24.3 Å². The van der Waals surface area contributed by atoms with Crippen molar-refractivity contribution in [3.63, 3.8) is 0 Å². The van der Waals surface area contributed by atoms with Gasteiger partial charge >= 0.3 is 0 Å². The maximum absolute atomic E-state index is 5.78. The molecule has 3 rings (SSSR count). The second-order valence-electron chi connectivity index (χ2n) is 5.82. The first kappa shape index (κ1) is 12.2. The summed E-state index contributed by atoms with van der Waals surface area (Å²) in [6.07, 6.45) is 2.60. The maximum Gasteiger partial charge on any atom is 0.222 e. The van der Waals surface area contributed by atoms with E-state index in [9.17, 15) is 0 Å². The lowest BCUT2D eigenvalue weighted by molar-refractivity contribution is 0.380. The number of anilines is 2. The van der Waals surface area contributed by atoms with Gasteiger partial charge in [0.05, 0.1) is 5.52 Å². The third-order valence-electron chi connectivity index (χ3n) is 4.35. The number of nitrogen functional groups attached to an aromatic ring is 1. The van der Waals surface area contributed by atoms with Gasteiger partial charge in [0.1, 0.15) is 5.82 Å². The number of fused-ring (bicyclic) bond motifs is 1. The van der Waals surface area contributed by atoms with Gasteiger partial charge in [-0.05, 0) is 36.3 Å². The van der Waals surface area contributed by atoms with Crippen LogP contribution in [-0.4, -0.2) is 16.5 Å². The molecule has 1 heterocycles. The van der Waals surface area contributed by atoms with Gasteiger partial charge in [-0.15, -0.1) is 0 Å². The molecule has 1 aliphatic carbocycles. The average molecular weight is 256 g/mol. The van der Waals surface area contributed by atoms with E-state index in [0.29, 0.717) is 17.3 Å². The summed E-state index contributed by atoms with van der Waals surface area (Å²) in [4.78, 5) is 8.61. The van der Waals surface area contributed by atoms with E-state index in [1.807, 2.05) is 24.3 Å². The summed E-state index contributed by atoms with van der Waals surface area (Å²) >= 11 is 0. The Morgan fingerprint density at radius 3 is 2.68 bits per heavy atom. The predicted molar refractivity (Wildman–Crippen MR) is 78.9 cm³/mol. The SMILES string of the molecule is CC(C)C1(CNc2nc(N)nc3ccccc23)CC1. The molecule has 0 spiro atoms. The van der Waals surface area contributed by atoms with Crippen molar-refractivity contribution in [2.24, 2.45) is 11.3 Å². The highest BCUT2D eigenvalue weighted by atomic mass is 15.1. The average Bonchev–Trinajstić information content (AvgIpc) is 3.17. The van der Waals surface area contributed by atoms with Gasteiger partial charge in [-0.3, -0.25) is 0 Å². The first-order chi connectivity index (χ1) is 9.11. The summed E-state index contributed by atoms with van der Waals surface area (Å²) in [5.74, 6) is 1.89. The van der Waals surface area contributed by atoms with Gasteiger partial charge in [0.15, 0.2) is 0 Å². The normalized spacial score (nSPS) is 16.8. The van der Waals surface area contributed by atoms with E-state index in [1.54, 1.807) is 0 Å². The Kier molecular flexibility index (Phi) is 2.81. The van der Waals surface area contributed by atoms with Crippen LogP contribution in [0.5, 0.6) is 0 Å². The van der Waals surface area contributed by atoms with E-state index in [-0.39, 0.29) is 0 Å². The molecular weight excluding hydrogens is 236 g/mol. The van der Waals surface area contributed by atoms with Crippen LogP contribution in [0.25, 0.3) is 10.9 Å². The standard InChI is InChI=1S/C15H20N4/c1-10(2)15(7-8-15)9-17-13-11-5-3-4-6-12(11)18-14(16)19-13/h3-6,10H,7-9H2,1-2H3,(H3,16,17,18,19). The van der Waals surface area contributed by atoms with E-state index in [2.05, 4.69) is 29.1 Å². The first-order valence-corrected chi connectivity index (χ1v) is 6.87. The van der Waals surface area contributed by atoms with Crippen LogP contribution in [-0.2, 0) is 0 Å². The Bertz CT molecular complexity index is 602. The molecule has 3 N–H and O–H groups in total. The number of nitrogens with one attached hydrogen (secondary N) is 1. The number of aromatic nitrogens is 2. The fourth-order valence-corrected chi connectivity index (χ4v) is 2.61. The van der Waals surface area contributed by atoms with Gasteiger partial charge in [0.25, 0.3) is 0 Å². The molecule has 1 fully saturated rings. The monoisotopic (exact) mass is 256 g/mol. The van der Waals surface area contributed by atoms with Crippen molar-refractivity contribution in [1.29, 1.82) is 0 Å². The largest absolute Gasteiger partial charge is 0.369 e. The lowest BCUT2D eigenvalue weighted by atomic mass is 9.92. The highest BCUT2D eigenvalue weighted by Gasteiger charge is 2.45. The second-order valence-corrected chi connectivity index (χ2v) is 5.82. The zero-order valence-electron chi connectivity index (χ0n) is 11.5. The molecule has 0 radical (unpaired) electrons. The van der Waals surface area contributed by atoms with Crippen molar-refractivity contribution in [3.8, 4) is 0 Å². The molecule has 0 saturated heterocycles. The van der Waals surface area contributed by atoms with E-state index in [1.165, 1.54) is 12.8 Å². The van der Waals surface area contributed by atoms with Gasteiger partial charge in [-0.25, -0.2) is 4.98 Å². The Labute approximate surface area is 113 Å². The number of nitrogens with two attached hydrogens (primary N) is 1. The Morgan fingerprint density at radius 1 is 1.26 bits per heavy atom. The van der Waals surface area contributed by atoms with Crippen molar-refractivity contribution in [2.75, 3.05) is 17.6 Å². The minimum absolute atomic E-state index is 0.329. The quantitative estimate of drug-likeness (QED) is 0.882. The number of hydrogen-bond donors (Lipinski definition) is 2. The van der Waals surface area contributed by atoms with Crippen LogP contribution in [0.4, 0.5) is 11.8 Å². The predicted octanol–water partition coefficient (Wildman–Crippen LogP) is 3.06. The number of rotatable bonds is 4. The highest BCUT2D eigenvalue weighted by Crippen LogP contribution is 2.51. The number of para-hydroxylation sites is 1. The van der Waals surface area contributed by atoms with Crippen molar-refractivity contribution in [2.45, 2.75) is 26.7 Å². The smallest absolute Gasteiger partial charge is 0.222 e. The van der Waals surface area contributed by atoms with Crippen LogP contribution in [0.2, 0.25) is 0 Å². The van der Waals surface area contributed by atoms with Crippen LogP contribution < -0.4 is 11.1 Å².